The van der Waals surface area contributed by atoms with Crippen molar-refractivity contribution in [3.8, 4) is 0 Å². The molecule has 0 saturated heterocycles. The van der Waals surface area contributed by atoms with Gasteiger partial charge in [0.2, 0.25) is 0 Å². The summed E-state index contributed by atoms with van der Waals surface area (Å²) in [4.78, 5) is 11.4. The highest BCUT2D eigenvalue weighted by molar-refractivity contribution is 5.80. The second-order valence-corrected chi connectivity index (χ2v) is 6.02. The lowest BCUT2D eigenvalue weighted by atomic mass is 9.85. The molecule has 6 nitrogen and oxygen atoms in total. The van der Waals surface area contributed by atoms with E-state index in [1.165, 1.54) is 12.1 Å². The molecular formula is C18H18FN3O3. The lowest BCUT2D eigenvalue weighted by molar-refractivity contribution is -0.137. The number of aromatic nitrogens is 3. The lowest BCUT2D eigenvalue weighted by Gasteiger charge is -2.19. The Hall–Kier alpha value is -2.80. The average Bonchev–Trinajstić information content (AvgIpc) is 2.96. The Bertz CT molecular complexity index is 952. The minimum atomic E-state index is -0.960. The van der Waals surface area contributed by atoms with E-state index in [1.54, 1.807) is 17.8 Å². The summed E-state index contributed by atoms with van der Waals surface area (Å²) in [6.45, 7) is 1.43. The van der Waals surface area contributed by atoms with Gasteiger partial charge in [-0.1, -0.05) is 17.3 Å². The maximum atomic E-state index is 13.7. The number of aliphatic hydroxyl groups excluding tert-OH is 1. The molecule has 0 fully saturated rings. The molecule has 0 amide bonds. The van der Waals surface area contributed by atoms with Crippen molar-refractivity contribution < 1.29 is 19.4 Å². The number of halogens is 1. The van der Waals surface area contributed by atoms with Crippen LogP contribution in [0.3, 0.4) is 0 Å². The standard InChI is InChI=1S/C18H18FN3O3/c1-10-13(4-6-16-18(10)20-21-22(16)2)14(8-17(24)25)11-3-5-15(19)12(7-11)9-23/h3-7,14,23H,8-9H2,1-2H3,(H,24,25). The Balaban J connectivity index is 2.16. The van der Waals surface area contributed by atoms with E-state index in [-0.39, 0.29) is 12.0 Å². The van der Waals surface area contributed by atoms with Gasteiger partial charge in [-0.15, -0.1) is 5.10 Å². The van der Waals surface area contributed by atoms with E-state index in [1.807, 2.05) is 19.1 Å². The van der Waals surface area contributed by atoms with E-state index in [0.29, 0.717) is 11.1 Å². The zero-order valence-corrected chi connectivity index (χ0v) is 13.9. The predicted octanol–water partition coefficient (Wildman–Crippen LogP) is 2.51. The van der Waals surface area contributed by atoms with Crippen LogP contribution in [0.1, 0.15) is 34.6 Å². The van der Waals surface area contributed by atoms with Crippen LogP contribution in [-0.2, 0) is 18.4 Å². The molecule has 2 N–H and O–H groups in total. The summed E-state index contributed by atoms with van der Waals surface area (Å²) in [5.74, 6) is -1.95. The number of benzene rings is 2. The van der Waals surface area contributed by atoms with Gasteiger partial charge in [-0.25, -0.2) is 9.07 Å². The van der Waals surface area contributed by atoms with Gasteiger partial charge in [-0.05, 0) is 41.8 Å². The quantitative estimate of drug-likeness (QED) is 0.743. The molecule has 0 bridgehead atoms. The van der Waals surface area contributed by atoms with Crippen molar-refractivity contribution in [2.75, 3.05) is 0 Å². The molecule has 0 aliphatic carbocycles. The van der Waals surface area contributed by atoms with Crippen LogP contribution in [0.4, 0.5) is 4.39 Å². The van der Waals surface area contributed by atoms with E-state index in [2.05, 4.69) is 10.3 Å². The molecular weight excluding hydrogens is 325 g/mol. The van der Waals surface area contributed by atoms with Gasteiger partial charge in [0.05, 0.1) is 18.5 Å². The molecule has 1 atom stereocenters. The van der Waals surface area contributed by atoms with Gasteiger partial charge >= 0.3 is 5.97 Å². The zero-order valence-electron chi connectivity index (χ0n) is 13.9. The maximum absolute atomic E-state index is 13.7. The van der Waals surface area contributed by atoms with Gasteiger partial charge in [-0.2, -0.15) is 0 Å². The summed E-state index contributed by atoms with van der Waals surface area (Å²) in [5, 5.41) is 26.8. The number of carbonyl (C=O) groups is 1. The first-order chi connectivity index (χ1) is 11.9. The summed E-state index contributed by atoms with van der Waals surface area (Å²) < 4.78 is 15.3. The van der Waals surface area contributed by atoms with Crippen LogP contribution in [-0.4, -0.2) is 31.2 Å². The Kier molecular flexibility index (Phi) is 4.50. The highest BCUT2D eigenvalue weighted by Crippen LogP contribution is 2.34. The van der Waals surface area contributed by atoms with Gasteiger partial charge < -0.3 is 10.2 Å². The SMILES string of the molecule is Cc1c(C(CC(=O)O)c2ccc(F)c(CO)c2)ccc2c1nnn2C. The Morgan fingerprint density at radius 2 is 2.08 bits per heavy atom. The van der Waals surface area contributed by atoms with Crippen LogP contribution in [0.15, 0.2) is 30.3 Å². The number of fused-ring (bicyclic) bond motifs is 1. The molecule has 0 radical (unpaired) electrons. The second kappa shape index (κ2) is 6.60. The normalized spacial score (nSPS) is 12.5. The smallest absolute Gasteiger partial charge is 0.304 e. The average molecular weight is 343 g/mol. The third kappa shape index (κ3) is 3.10. The van der Waals surface area contributed by atoms with Crippen molar-refractivity contribution in [2.24, 2.45) is 7.05 Å². The molecule has 1 unspecified atom stereocenters. The zero-order chi connectivity index (χ0) is 18.1. The molecule has 130 valence electrons. The van der Waals surface area contributed by atoms with E-state index in [0.717, 1.165) is 16.6 Å². The highest BCUT2D eigenvalue weighted by atomic mass is 19.1. The number of aliphatic hydroxyl groups is 1. The highest BCUT2D eigenvalue weighted by Gasteiger charge is 2.22. The fourth-order valence-corrected chi connectivity index (χ4v) is 3.14. The first-order valence-electron chi connectivity index (χ1n) is 7.82. The van der Waals surface area contributed by atoms with Gasteiger partial charge in [-0.3, -0.25) is 4.79 Å². The number of nitrogens with zero attached hydrogens (tertiary/aromatic N) is 3. The Labute approximate surface area is 143 Å². The molecule has 25 heavy (non-hydrogen) atoms. The summed E-state index contributed by atoms with van der Waals surface area (Å²) >= 11 is 0. The van der Waals surface area contributed by atoms with Crippen molar-refractivity contribution >= 4 is 17.0 Å². The van der Waals surface area contributed by atoms with Crippen LogP contribution >= 0.6 is 0 Å². The number of hydrogen-bond donors (Lipinski definition) is 2. The minimum Gasteiger partial charge on any atom is -0.481 e. The van der Waals surface area contributed by atoms with Gasteiger partial charge in [0.1, 0.15) is 11.3 Å². The number of hydrogen-bond acceptors (Lipinski definition) is 4. The van der Waals surface area contributed by atoms with Crippen LogP contribution in [0.25, 0.3) is 11.0 Å². The Morgan fingerprint density at radius 1 is 1.32 bits per heavy atom. The molecule has 7 heteroatoms. The van der Waals surface area contributed by atoms with E-state index in [4.69, 9.17) is 0 Å². The minimum absolute atomic E-state index is 0.145. The van der Waals surface area contributed by atoms with Gasteiger partial charge in [0.15, 0.2) is 0 Å². The number of rotatable bonds is 5. The summed E-state index contributed by atoms with van der Waals surface area (Å²) in [5.41, 5.74) is 3.98. The fraction of sp³-hybridized carbons (Fsp3) is 0.278. The molecule has 3 rings (SSSR count). The summed E-state index contributed by atoms with van der Waals surface area (Å²) in [7, 11) is 1.79. The lowest BCUT2D eigenvalue weighted by Crippen LogP contribution is -2.10. The molecule has 0 aliphatic heterocycles. The van der Waals surface area contributed by atoms with Crippen molar-refractivity contribution in [2.45, 2.75) is 25.9 Å². The first kappa shape index (κ1) is 17.0. The van der Waals surface area contributed by atoms with Gasteiger partial charge in [0, 0.05) is 18.5 Å². The van der Waals surface area contributed by atoms with E-state index < -0.39 is 24.3 Å². The monoisotopic (exact) mass is 343 g/mol. The molecule has 0 spiro atoms. The molecule has 3 aromatic rings. The molecule has 1 heterocycles. The number of carboxylic acids is 1. The largest absolute Gasteiger partial charge is 0.481 e. The number of carboxylic acid groups (broad SMARTS) is 1. The third-order valence-electron chi connectivity index (χ3n) is 4.48. The van der Waals surface area contributed by atoms with E-state index >= 15 is 0 Å². The molecule has 0 aliphatic rings. The molecule has 2 aromatic carbocycles. The van der Waals surface area contributed by atoms with E-state index in [9.17, 15) is 19.4 Å². The third-order valence-corrected chi connectivity index (χ3v) is 4.48. The topological polar surface area (TPSA) is 88.2 Å². The van der Waals surface area contributed by atoms with Crippen molar-refractivity contribution in [3.05, 3.63) is 58.4 Å². The molecule has 1 aromatic heterocycles. The van der Waals surface area contributed by atoms with Crippen LogP contribution < -0.4 is 0 Å². The summed E-state index contributed by atoms with van der Waals surface area (Å²) in [6.07, 6.45) is -0.150. The number of aryl methyl sites for hydroxylation is 2. The maximum Gasteiger partial charge on any atom is 0.304 e. The van der Waals surface area contributed by atoms with Crippen molar-refractivity contribution in [3.63, 3.8) is 0 Å². The first-order valence-corrected chi connectivity index (χ1v) is 7.82. The van der Waals surface area contributed by atoms with Crippen LogP contribution in [0.5, 0.6) is 0 Å². The Morgan fingerprint density at radius 3 is 2.76 bits per heavy atom. The predicted molar refractivity (Wildman–Crippen MR) is 89.7 cm³/mol. The van der Waals surface area contributed by atoms with Crippen LogP contribution in [0.2, 0.25) is 0 Å². The number of aliphatic carboxylic acids is 1. The van der Waals surface area contributed by atoms with Crippen LogP contribution in [0, 0.1) is 12.7 Å². The molecule has 0 saturated carbocycles. The fourth-order valence-electron chi connectivity index (χ4n) is 3.14. The van der Waals surface area contributed by atoms with Crippen molar-refractivity contribution in [1.82, 2.24) is 15.0 Å². The van der Waals surface area contributed by atoms with Gasteiger partial charge in [0.25, 0.3) is 0 Å². The summed E-state index contributed by atoms with van der Waals surface area (Å²) in [6, 6.07) is 8.04. The van der Waals surface area contributed by atoms with Crippen molar-refractivity contribution in [1.29, 1.82) is 0 Å². The second-order valence-electron chi connectivity index (χ2n) is 6.02.